The van der Waals surface area contributed by atoms with E-state index in [1.54, 1.807) is 0 Å². The maximum Gasteiger partial charge on any atom is 0.122 e. The SMILES string of the molecule is CCCCCCCCCc1cccc(OCCOCCO)c1CCCCCCCCC. The van der Waals surface area contributed by atoms with E-state index in [0.29, 0.717) is 19.8 Å². The Hall–Kier alpha value is -1.06. The van der Waals surface area contributed by atoms with E-state index in [0.717, 1.165) is 18.6 Å². The third kappa shape index (κ3) is 14.6. The molecule has 0 fully saturated rings. The average molecular weight is 435 g/mol. The number of aliphatic hydroxyl groups is 1. The molecule has 0 aliphatic rings. The van der Waals surface area contributed by atoms with Gasteiger partial charge in [-0.25, -0.2) is 0 Å². The molecule has 0 atom stereocenters. The smallest absolute Gasteiger partial charge is 0.122 e. The summed E-state index contributed by atoms with van der Waals surface area (Å²) in [4.78, 5) is 0. The summed E-state index contributed by atoms with van der Waals surface area (Å²) in [5, 5.41) is 8.85. The van der Waals surface area contributed by atoms with Crippen molar-refractivity contribution in [2.24, 2.45) is 0 Å². The van der Waals surface area contributed by atoms with Gasteiger partial charge < -0.3 is 14.6 Å². The summed E-state index contributed by atoms with van der Waals surface area (Å²) in [6.07, 6.45) is 21.1. The molecule has 31 heavy (non-hydrogen) atoms. The molecule has 0 bridgehead atoms. The van der Waals surface area contributed by atoms with Gasteiger partial charge in [-0.05, 0) is 42.9 Å². The zero-order valence-corrected chi connectivity index (χ0v) is 20.6. The van der Waals surface area contributed by atoms with E-state index in [2.05, 4.69) is 32.0 Å². The predicted octanol–water partition coefficient (Wildman–Crippen LogP) is 7.66. The van der Waals surface area contributed by atoms with Crippen LogP contribution in [0.5, 0.6) is 5.75 Å². The van der Waals surface area contributed by atoms with Gasteiger partial charge in [-0.1, -0.05) is 103 Å². The first-order chi connectivity index (χ1) is 15.3. The van der Waals surface area contributed by atoms with E-state index >= 15 is 0 Å². The first-order valence-electron chi connectivity index (χ1n) is 13.3. The quantitative estimate of drug-likeness (QED) is 0.190. The number of aliphatic hydroxyl groups excluding tert-OH is 1. The Balaban J connectivity index is 2.52. The van der Waals surface area contributed by atoms with Crippen LogP contribution in [0.25, 0.3) is 0 Å². The Bertz CT molecular complexity index is 515. The summed E-state index contributed by atoms with van der Waals surface area (Å²) < 4.78 is 11.5. The van der Waals surface area contributed by atoms with Crippen LogP contribution in [-0.2, 0) is 17.6 Å². The molecule has 0 aliphatic heterocycles. The highest BCUT2D eigenvalue weighted by molar-refractivity contribution is 5.40. The minimum absolute atomic E-state index is 0.0669. The van der Waals surface area contributed by atoms with Crippen molar-refractivity contribution in [3.05, 3.63) is 29.3 Å². The molecule has 0 amide bonds. The minimum Gasteiger partial charge on any atom is -0.491 e. The first kappa shape index (κ1) is 28.0. The number of ether oxygens (including phenoxy) is 2. The van der Waals surface area contributed by atoms with Gasteiger partial charge in [-0.3, -0.25) is 0 Å². The van der Waals surface area contributed by atoms with Gasteiger partial charge in [0.25, 0.3) is 0 Å². The molecule has 0 unspecified atom stereocenters. The molecule has 0 radical (unpaired) electrons. The van der Waals surface area contributed by atoms with Crippen molar-refractivity contribution >= 4 is 0 Å². The summed E-state index contributed by atoms with van der Waals surface area (Å²) in [6.45, 7) is 6.08. The van der Waals surface area contributed by atoms with Gasteiger partial charge in [-0.2, -0.15) is 0 Å². The number of unbranched alkanes of at least 4 members (excludes halogenated alkanes) is 12. The summed E-state index contributed by atoms with van der Waals surface area (Å²) in [7, 11) is 0. The Labute approximate surface area is 192 Å². The lowest BCUT2D eigenvalue weighted by Crippen LogP contribution is -2.10. The molecule has 1 rings (SSSR count). The zero-order chi connectivity index (χ0) is 22.4. The first-order valence-corrected chi connectivity index (χ1v) is 13.3. The molecule has 0 saturated carbocycles. The monoisotopic (exact) mass is 434 g/mol. The molecule has 0 spiro atoms. The number of hydrogen-bond acceptors (Lipinski definition) is 3. The van der Waals surface area contributed by atoms with Crippen molar-refractivity contribution in [2.45, 2.75) is 117 Å². The topological polar surface area (TPSA) is 38.7 Å². The van der Waals surface area contributed by atoms with Crippen LogP contribution in [-0.4, -0.2) is 31.5 Å². The Kier molecular flexibility index (Phi) is 18.8. The van der Waals surface area contributed by atoms with Crippen molar-refractivity contribution in [1.29, 1.82) is 0 Å². The van der Waals surface area contributed by atoms with Crippen LogP contribution in [0.4, 0.5) is 0 Å². The van der Waals surface area contributed by atoms with Gasteiger partial charge in [0.05, 0.1) is 19.8 Å². The molecule has 0 aromatic heterocycles. The van der Waals surface area contributed by atoms with E-state index in [1.807, 2.05) is 0 Å². The second kappa shape index (κ2) is 20.8. The van der Waals surface area contributed by atoms with Gasteiger partial charge in [0.1, 0.15) is 12.4 Å². The molecule has 3 nitrogen and oxygen atoms in total. The van der Waals surface area contributed by atoms with E-state index in [9.17, 15) is 0 Å². The second-order valence-corrected chi connectivity index (χ2v) is 8.82. The number of hydrogen-bond donors (Lipinski definition) is 1. The molecule has 3 heteroatoms. The molecular formula is C28H50O3. The van der Waals surface area contributed by atoms with Crippen molar-refractivity contribution in [3.8, 4) is 5.75 Å². The van der Waals surface area contributed by atoms with Crippen molar-refractivity contribution in [1.82, 2.24) is 0 Å². The minimum atomic E-state index is 0.0669. The van der Waals surface area contributed by atoms with Crippen LogP contribution in [0.15, 0.2) is 18.2 Å². The van der Waals surface area contributed by atoms with Crippen LogP contribution < -0.4 is 4.74 Å². The second-order valence-electron chi connectivity index (χ2n) is 8.82. The zero-order valence-electron chi connectivity index (χ0n) is 20.6. The molecule has 0 saturated heterocycles. The van der Waals surface area contributed by atoms with E-state index in [-0.39, 0.29) is 6.61 Å². The Morgan fingerprint density at radius 1 is 0.645 bits per heavy atom. The summed E-state index contributed by atoms with van der Waals surface area (Å²) in [5.74, 6) is 1.04. The average Bonchev–Trinajstić information content (AvgIpc) is 2.78. The molecule has 0 aliphatic carbocycles. The van der Waals surface area contributed by atoms with Crippen LogP contribution >= 0.6 is 0 Å². The van der Waals surface area contributed by atoms with Gasteiger partial charge in [0.2, 0.25) is 0 Å². The highest BCUT2D eigenvalue weighted by Gasteiger charge is 2.10. The molecule has 1 N–H and O–H groups in total. The fourth-order valence-corrected chi connectivity index (χ4v) is 4.17. The molecular weight excluding hydrogens is 384 g/mol. The summed E-state index contributed by atoms with van der Waals surface area (Å²) in [5.41, 5.74) is 2.90. The molecule has 180 valence electrons. The van der Waals surface area contributed by atoms with E-state index in [1.165, 1.54) is 101 Å². The third-order valence-electron chi connectivity index (χ3n) is 6.03. The van der Waals surface area contributed by atoms with Crippen molar-refractivity contribution in [2.75, 3.05) is 26.4 Å². The molecule has 0 heterocycles. The van der Waals surface area contributed by atoms with Gasteiger partial charge in [-0.15, -0.1) is 0 Å². The fourth-order valence-electron chi connectivity index (χ4n) is 4.17. The fraction of sp³-hybridized carbons (Fsp3) is 0.786. The summed E-state index contributed by atoms with van der Waals surface area (Å²) in [6, 6.07) is 6.58. The molecule has 1 aromatic rings. The highest BCUT2D eigenvalue weighted by atomic mass is 16.5. The Morgan fingerprint density at radius 3 is 1.84 bits per heavy atom. The van der Waals surface area contributed by atoms with Crippen LogP contribution in [0, 0.1) is 0 Å². The van der Waals surface area contributed by atoms with Gasteiger partial charge >= 0.3 is 0 Å². The standard InChI is InChI=1S/C28H50O3/c1-3-5-7-9-11-13-15-18-26-19-17-21-28(31-25-24-30-23-22-29)27(26)20-16-14-12-10-8-6-4-2/h17,19,21,29H,3-16,18,20,22-25H2,1-2H3. The van der Waals surface area contributed by atoms with Crippen LogP contribution in [0.2, 0.25) is 0 Å². The normalized spacial score (nSPS) is 11.2. The lowest BCUT2D eigenvalue weighted by molar-refractivity contribution is 0.0703. The van der Waals surface area contributed by atoms with Crippen LogP contribution in [0.1, 0.15) is 115 Å². The van der Waals surface area contributed by atoms with E-state index in [4.69, 9.17) is 14.6 Å². The highest BCUT2D eigenvalue weighted by Crippen LogP contribution is 2.27. The largest absolute Gasteiger partial charge is 0.491 e. The summed E-state index contributed by atoms with van der Waals surface area (Å²) >= 11 is 0. The van der Waals surface area contributed by atoms with Crippen LogP contribution in [0.3, 0.4) is 0 Å². The maximum atomic E-state index is 8.85. The lowest BCUT2D eigenvalue weighted by Gasteiger charge is -2.16. The van der Waals surface area contributed by atoms with Gasteiger partial charge in [0, 0.05) is 0 Å². The van der Waals surface area contributed by atoms with Crippen molar-refractivity contribution < 1.29 is 14.6 Å². The van der Waals surface area contributed by atoms with E-state index < -0.39 is 0 Å². The maximum absolute atomic E-state index is 8.85. The molecule has 1 aromatic carbocycles. The lowest BCUT2D eigenvalue weighted by atomic mass is 9.95. The van der Waals surface area contributed by atoms with Crippen molar-refractivity contribution in [3.63, 3.8) is 0 Å². The number of aryl methyl sites for hydroxylation is 1. The Morgan fingerprint density at radius 2 is 1.23 bits per heavy atom. The predicted molar refractivity (Wildman–Crippen MR) is 133 cm³/mol. The van der Waals surface area contributed by atoms with Gasteiger partial charge in [0.15, 0.2) is 0 Å². The third-order valence-corrected chi connectivity index (χ3v) is 6.03. The number of rotatable bonds is 22. The number of benzene rings is 1.